The standard InChI is InChI=1S/C15H18BrNO5/c1-10(22-12-4-2-3-11(16)7-12)15(20)17-5-6-21-13(9-17)8-14(18)19/h2-4,7,10,13H,5-6,8-9H2,1H3,(H,18,19). The van der Waals surface area contributed by atoms with Crippen molar-refractivity contribution in [2.24, 2.45) is 0 Å². The van der Waals surface area contributed by atoms with Crippen LogP contribution in [0, 0.1) is 0 Å². The van der Waals surface area contributed by atoms with Crippen molar-refractivity contribution in [3.63, 3.8) is 0 Å². The molecule has 22 heavy (non-hydrogen) atoms. The van der Waals surface area contributed by atoms with Gasteiger partial charge in [-0.3, -0.25) is 9.59 Å². The highest BCUT2D eigenvalue weighted by Gasteiger charge is 2.29. The Morgan fingerprint density at radius 1 is 1.55 bits per heavy atom. The van der Waals surface area contributed by atoms with Crippen LogP contribution in [0.2, 0.25) is 0 Å². The molecule has 120 valence electrons. The van der Waals surface area contributed by atoms with Crippen molar-refractivity contribution in [2.75, 3.05) is 19.7 Å². The van der Waals surface area contributed by atoms with Crippen molar-refractivity contribution in [3.8, 4) is 5.75 Å². The number of hydrogen-bond acceptors (Lipinski definition) is 4. The summed E-state index contributed by atoms with van der Waals surface area (Å²) in [5, 5.41) is 8.81. The van der Waals surface area contributed by atoms with Crippen LogP contribution in [0.25, 0.3) is 0 Å². The number of nitrogens with zero attached hydrogens (tertiary/aromatic N) is 1. The number of rotatable bonds is 5. The van der Waals surface area contributed by atoms with Crippen molar-refractivity contribution in [3.05, 3.63) is 28.7 Å². The second-order valence-electron chi connectivity index (χ2n) is 5.09. The number of ether oxygens (including phenoxy) is 2. The summed E-state index contributed by atoms with van der Waals surface area (Å²) in [7, 11) is 0. The third-order valence-electron chi connectivity index (χ3n) is 3.31. The lowest BCUT2D eigenvalue weighted by Gasteiger charge is -2.33. The number of carbonyl (C=O) groups excluding carboxylic acids is 1. The van der Waals surface area contributed by atoms with Crippen LogP contribution < -0.4 is 4.74 Å². The third kappa shape index (κ3) is 4.71. The molecule has 1 aromatic rings. The van der Waals surface area contributed by atoms with Crippen LogP contribution in [-0.4, -0.2) is 53.8 Å². The Morgan fingerprint density at radius 2 is 2.32 bits per heavy atom. The highest BCUT2D eigenvalue weighted by atomic mass is 79.9. The summed E-state index contributed by atoms with van der Waals surface area (Å²) in [4.78, 5) is 24.7. The molecule has 0 spiro atoms. The Morgan fingerprint density at radius 3 is 3.00 bits per heavy atom. The molecule has 1 fully saturated rings. The van der Waals surface area contributed by atoms with Crippen molar-refractivity contribution in [1.29, 1.82) is 0 Å². The second-order valence-corrected chi connectivity index (χ2v) is 6.01. The molecule has 2 unspecified atom stereocenters. The maximum Gasteiger partial charge on any atom is 0.306 e. The maximum atomic E-state index is 12.4. The van der Waals surface area contributed by atoms with Crippen LogP contribution in [0.5, 0.6) is 5.75 Å². The van der Waals surface area contributed by atoms with Crippen molar-refractivity contribution < 1.29 is 24.2 Å². The van der Waals surface area contributed by atoms with Crippen molar-refractivity contribution in [1.82, 2.24) is 4.90 Å². The van der Waals surface area contributed by atoms with Gasteiger partial charge in [-0.15, -0.1) is 0 Å². The molecule has 0 bridgehead atoms. The molecule has 1 aliphatic heterocycles. The number of carboxylic acid groups (broad SMARTS) is 1. The van der Waals surface area contributed by atoms with Gasteiger partial charge in [-0.1, -0.05) is 22.0 Å². The van der Waals surface area contributed by atoms with Crippen molar-refractivity contribution >= 4 is 27.8 Å². The van der Waals surface area contributed by atoms with Gasteiger partial charge < -0.3 is 19.5 Å². The molecule has 1 amide bonds. The van der Waals surface area contributed by atoms with Gasteiger partial charge in [0.2, 0.25) is 0 Å². The fraction of sp³-hybridized carbons (Fsp3) is 0.467. The summed E-state index contributed by atoms with van der Waals surface area (Å²) in [6.07, 6.45) is -1.21. The van der Waals surface area contributed by atoms with Crippen LogP contribution in [0.4, 0.5) is 0 Å². The second kappa shape index (κ2) is 7.60. The lowest BCUT2D eigenvalue weighted by atomic mass is 10.2. The van der Waals surface area contributed by atoms with Gasteiger partial charge in [0, 0.05) is 17.6 Å². The fourth-order valence-corrected chi connectivity index (χ4v) is 2.67. The summed E-state index contributed by atoms with van der Waals surface area (Å²) >= 11 is 3.35. The van der Waals surface area contributed by atoms with E-state index in [1.807, 2.05) is 12.1 Å². The molecule has 1 saturated heterocycles. The molecule has 6 nitrogen and oxygen atoms in total. The number of carbonyl (C=O) groups is 2. The molecule has 0 saturated carbocycles. The summed E-state index contributed by atoms with van der Waals surface area (Å²) in [6, 6.07) is 7.27. The molecular formula is C15H18BrNO5. The van der Waals surface area contributed by atoms with Gasteiger partial charge in [0.05, 0.1) is 19.1 Å². The van der Waals surface area contributed by atoms with E-state index in [4.69, 9.17) is 14.6 Å². The highest BCUT2D eigenvalue weighted by Crippen LogP contribution is 2.20. The van der Waals surface area contributed by atoms with E-state index in [1.165, 1.54) is 0 Å². The quantitative estimate of drug-likeness (QED) is 0.855. The molecule has 1 heterocycles. The molecule has 0 aliphatic carbocycles. The summed E-state index contributed by atoms with van der Waals surface area (Å²) in [5.74, 6) is -0.498. The van der Waals surface area contributed by atoms with E-state index in [1.54, 1.807) is 24.0 Å². The Balaban J connectivity index is 1.93. The zero-order chi connectivity index (χ0) is 16.1. The summed E-state index contributed by atoms with van der Waals surface area (Å²) < 4.78 is 11.9. The Hall–Kier alpha value is -1.60. The van der Waals surface area contributed by atoms with Gasteiger partial charge in [-0.25, -0.2) is 0 Å². The Labute approximate surface area is 137 Å². The van der Waals surface area contributed by atoms with E-state index in [2.05, 4.69) is 15.9 Å². The average Bonchev–Trinajstić information content (AvgIpc) is 2.46. The molecule has 0 radical (unpaired) electrons. The molecule has 2 rings (SSSR count). The monoisotopic (exact) mass is 371 g/mol. The zero-order valence-electron chi connectivity index (χ0n) is 12.2. The molecule has 7 heteroatoms. The molecule has 1 N–H and O–H groups in total. The Bertz CT molecular complexity index is 550. The predicted molar refractivity (Wildman–Crippen MR) is 82.8 cm³/mol. The maximum absolute atomic E-state index is 12.4. The average molecular weight is 372 g/mol. The van der Waals surface area contributed by atoms with Gasteiger partial charge in [0.1, 0.15) is 5.75 Å². The van der Waals surface area contributed by atoms with E-state index in [0.717, 1.165) is 4.47 Å². The van der Waals surface area contributed by atoms with Gasteiger partial charge in [-0.05, 0) is 25.1 Å². The lowest BCUT2D eigenvalue weighted by molar-refractivity contribution is -0.151. The van der Waals surface area contributed by atoms with Gasteiger partial charge in [0.15, 0.2) is 6.10 Å². The Kier molecular flexibility index (Phi) is 5.79. The summed E-state index contributed by atoms with van der Waals surface area (Å²) in [5.41, 5.74) is 0. The minimum Gasteiger partial charge on any atom is -0.481 e. The van der Waals surface area contributed by atoms with E-state index in [-0.39, 0.29) is 18.9 Å². The van der Waals surface area contributed by atoms with Crippen LogP contribution in [0.3, 0.4) is 0 Å². The number of halogens is 1. The SMILES string of the molecule is CC(Oc1cccc(Br)c1)C(=O)N1CCOC(CC(=O)O)C1. The van der Waals surface area contributed by atoms with E-state index in [0.29, 0.717) is 18.9 Å². The topological polar surface area (TPSA) is 76.1 Å². The number of hydrogen-bond donors (Lipinski definition) is 1. The van der Waals surface area contributed by atoms with Crippen LogP contribution in [0.1, 0.15) is 13.3 Å². The largest absolute Gasteiger partial charge is 0.481 e. The van der Waals surface area contributed by atoms with Crippen LogP contribution in [-0.2, 0) is 14.3 Å². The van der Waals surface area contributed by atoms with E-state index in [9.17, 15) is 9.59 Å². The van der Waals surface area contributed by atoms with Gasteiger partial charge in [-0.2, -0.15) is 0 Å². The first kappa shape index (κ1) is 16.8. The first-order valence-corrected chi connectivity index (χ1v) is 7.79. The number of benzene rings is 1. The summed E-state index contributed by atoms with van der Waals surface area (Å²) in [6.45, 7) is 2.75. The molecule has 0 aromatic heterocycles. The van der Waals surface area contributed by atoms with E-state index < -0.39 is 18.2 Å². The third-order valence-corrected chi connectivity index (χ3v) is 3.80. The smallest absolute Gasteiger partial charge is 0.306 e. The first-order chi connectivity index (χ1) is 10.5. The van der Waals surface area contributed by atoms with Crippen LogP contribution in [0.15, 0.2) is 28.7 Å². The molecular weight excluding hydrogens is 354 g/mol. The minimum atomic E-state index is -0.933. The predicted octanol–water partition coefficient (Wildman–Crippen LogP) is 1.92. The zero-order valence-corrected chi connectivity index (χ0v) is 13.8. The van der Waals surface area contributed by atoms with Crippen molar-refractivity contribution in [2.45, 2.75) is 25.6 Å². The number of aliphatic carboxylic acids is 1. The number of morpholine rings is 1. The van der Waals surface area contributed by atoms with Gasteiger partial charge in [0.25, 0.3) is 5.91 Å². The fourth-order valence-electron chi connectivity index (χ4n) is 2.29. The number of amides is 1. The molecule has 1 aromatic carbocycles. The molecule has 1 aliphatic rings. The normalized spacial score (nSPS) is 19.5. The number of carboxylic acids is 1. The molecule has 2 atom stereocenters. The highest BCUT2D eigenvalue weighted by molar-refractivity contribution is 9.10. The van der Waals surface area contributed by atoms with Gasteiger partial charge >= 0.3 is 5.97 Å². The van der Waals surface area contributed by atoms with Crippen LogP contribution >= 0.6 is 15.9 Å². The van der Waals surface area contributed by atoms with E-state index >= 15 is 0 Å². The first-order valence-electron chi connectivity index (χ1n) is 7.00. The minimum absolute atomic E-state index is 0.106. The lowest BCUT2D eigenvalue weighted by Crippen LogP contribution is -2.50.